The van der Waals surface area contributed by atoms with Gasteiger partial charge in [-0.15, -0.1) is 11.3 Å². The van der Waals surface area contributed by atoms with E-state index in [9.17, 15) is 13.0 Å². The Morgan fingerprint density at radius 3 is 2.27 bits per heavy atom. The summed E-state index contributed by atoms with van der Waals surface area (Å²) in [5.74, 6) is 0.709. The Morgan fingerprint density at radius 1 is 1.15 bits per heavy atom. The second kappa shape index (κ2) is 8.59. The van der Waals surface area contributed by atoms with Crippen molar-refractivity contribution >= 4 is 39.2 Å². The van der Waals surface area contributed by atoms with E-state index in [4.69, 9.17) is 30.7 Å². The van der Waals surface area contributed by atoms with Crippen LogP contribution >= 0.6 is 18.9 Å². The third-order valence-electron chi connectivity index (χ3n) is 2.88. The Balaban J connectivity index is 2.38. The minimum Gasteiger partial charge on any atom is -0.488 e. The van der Waals surface area contributed by atoms with Gasteiger partial charge in [-0.2, -0.15) is 4.72 Å². The minimum absolute atomic E-state index is 0.226. The molecule has 0 fully saturated rings. The maximum Gasteiger partial charge on any atom is 0.340 e. The molecular formula is C12H19N4O7PS2. The van der Waals surface area contributed by atoms with Crippen molar-refractivity contribution < 1.29 is 32.2 Å². The molecule has 26 heavy (non-hydrogen) atoms. The van der Waals surface area contributed by atoms with Gasteiger partial charge in [0.15, 0.2) is 11.5 Å². The summed E-state index contributed by atoms with van der Waals surface area (Å²) in [7, 11) is -8.71. The normalized spacial score (nSPS) is 12.5. The van der Waals surface area contributed by atoms with Gasteiger partial charge in [0.1, 0.15) is 19.5 Å². The maximum absolute atomic E-state index is 12.2. The largest absolute Gasteiger partial charge is 0.488 e. The first kappa shape index (κ1) is 21.0. The van der Waals surface area contributed by atoms with Crippen LogP contribution in [-0.2, 0) is 14.6 Å². The molecular weight excluding hydrogens is 407 g/mol. The average Bonchev–Trinajstić information content (AvgIpc) is 2.99. The van der Waals surface area contributed by atoms with E-state index >= 15 is 0 Å². The molecule has 0 saturated carbocycles. The monoisotopic (exact) mass is 426 g/mol. The number of nitrogens with zero attached hydrogens (tertiary/aromatic N) is 1. The molecule has 2 rings (SSSR count). The molecule has 0 saturated heterocycles. The highest BCUT2D eigenvalue weighted by Gasteiger charge is 2.24. The number of hydrogen-bond acceptors (Lipinski definition) is 9. The van der Waals surface area contributed by atoms with Crippen LogP contribution in [0.25, 0.3) is 10.2 Å². The number of sulfonamides is 1. The first-order valence-electron chi connectivity index (χ1n) is 7.31. The summed E-state index contributed by atoms with van der Waals surface area (Å²) in [5.41, 5.74) is 11.2. The van der Waals surface area contributed by atoms with Crippen molar-refractivity contribution in [1.82, 2.24) is 9.71 Å². The lowest BCUT2D eigenvalue weighted by Gasteiger charge is -2.11. The molecule has 0 unspecified atom stereocenters. The predicted octanol–water partition coefficient (Wildman–Crippen LogP) is -0.615. The summed E-state index contributed by atoms with van der Waals surface area (Å²) in [6, 6.07) is 3.08. The van der Waals surface area contributed by atoms with Crippen molar-refractivity contribution in [3.63, 3.8) is 0 Å². The summed E-state index contributed by atoms with van der Waals surface area (Å²) in [6.45, 7) is 1.02. The zero-order valence-electron chi connectivity index (χ0n) is 13.5. The first-order valence-corrected chi connectivity index (χ1v) is 11.4. The number of ether oxygens (including phenoxy) is 2. The van der Waals surface area contributed by atoms with Crippen molar-refractivity contribution in [2.45, 2.75) is 4.34 Å². The Bertz CT molecular complexity index is 867. The molecule has 7 N–H and O–H groups in total. The molecule has 0 bridgehead atoms. The molecule has 0 aliphatic heterocycles. The van der Waals surface area contributed by atoms with Gasteiger partial charge in [0.2, 0.25) is 4.34 Å². The van der Waals surface area contributed by atoms with Crippen LogP contribution in [0.5, 0.6) is 11.5 Å². The molecule has 1 aromatic heterocycles. The lowest BCUT2D eigenvalue weighted by molar-refractivity contribution is 0.278. The van der Waals surface area contributed by atoms with Crippen molar-refractivity contribution in [2.75, 3.05) is 32.6 Å². The fourth-order valence-corrected chi connectivity index (χ4v) is 5.11. The summed E-state index contributed by atoms with van der Waals surface area (Å²) in [5, 5.41) is 0. The van der Waals surface area contributed by atoms with Crippen LogP contribution in [0.1, 0.15) is 0 Å². The van der Waals surface area contributed by atoms with Gasteiger partial charge in [0.25, 0.3) is 10.0 Å². The highest BCUT2D eigenvalue weighted by Crippen LogP contribution is 2.37. The molecule has 2 aromatic rings. The van der Waals surface area contributed by atoms with Crippen LogP contribution in [-0.4, -0.2) is 55.8 Å². The third-order valence-corrected chi connectivity index (χ3v) is 6.46. The number of fused-ring (bicyclic) bond motifs is 1. The van der Waals surface area contributed by atoms with Gasteiger partial charge in [0, 0.05) is 25.2 Å². The summed E-state index contributed by atoms with van der Waals surface area (Å²) >= 11 is 0.829. The lowest BCUT2D eigenvalue weighted by atomic mass is 10.3. The minimum atomic E-state index is -4.54. The molecule has 0 spiro atoms. The van der Waals surface area contributed by atoms with E-state index in [0.29, 0.717) is 21.7 Å². The van der Waals surface area contributed by atoms with Gasteiger partial charge >= 0.3 is 7.60 Å². The smallest absolute Gasteiger partial charge is 0.340 e. The van der Waals surface area contributed by atoms with Crippen LogP contribution in [0.15, 0.2) is 16.5 Å². The zero-order chi connectivity index (χ0) is 19.4. The molecule has 14 heteroatoms. The van der Waals surface area contributed by atoms with E-state index in [0.717, 1.165) is 11.3 Å². The first-order chi connectivity index (χ1) is 12.2. The molecule has 146 valence electrons. The number of hydrogen-bond donors (Lipinski definition) is 5. The highest BCUT2D eigenvalue weighted by atomic mass is 32.2. The standard InChI is InChI=1S/C12H19N4O7PS2/c13-1-3-22-9-5-8-11(6-10(9)23-4-2-14)25-12(16-8)26(20,21)15-7-24(17,18)19/h5-6,15H,1-4,7,13-14H2,(H2,17,18,19). The molecule has 1 heterocycles. The van der Waals surface area contributed by atoms with E-state index in [1.165, 1.54) is 6.07 Å². The van der Waals surface area contributed by atoms with E-state index in [1.54, 1.807) is 6.07 Å². The Morgan fingerprint density at radius 2 is 1.73 bits per heavy atom. The average molecular weight is 426 g/mol. The van der Waals surface area contributed by atoms with Crippen molar-refractivity contribution in [3.8, 4) is 11.5 Å². The van der Waals surface area contributed by atoms with E-state index in [-0.39, 0.29) is 30.6 Å². The summed E-state index contributed by atoms with van der Waals surface area (Å²) in [6.07, 6.45) is -1.01. The van der Waals surface area contributed by atoms with E-state index in [2.05, 4.69) is 4.98 Å². The van der Waals surface area contributed by atoms with E-state index in [1.807, 2.05) is 4.72 Å². The number of thiazole rings is 1. The number of nitrogens with two attached hydrogens (primary N) is 2. The van der Waals surface area contributed by atoms with E-state index < -0.39 is 23.9 Å². The topological polar surface area (TPSA) is 187 Å². The van der Waals surface area contributed by atoms with Crippen LogP contribution in [0.2, 0.25) is 0 Å². The van der Waals surface area contributed by atoms with Crippen LogP contribution < -0.4 is 25.7 Å². The molecule has 0 radical (unpaired) electrons. The predicted molar refractivity (Wildman–Crippen MR) is 96.0 cm³/mol. The summed E-state index contributed by atoms with van der Waals surface area (Å²) < 4.78 is 48.2. The van der Waals surface area contributed by atoms with Gasteiger partial charge in [-0.3, -0.25) is 4.57 Å². The SMILES string of the molecule is NCCOc1cc2nc(S(=O)(=O)NCP(=O)(O)O)sc2cc1OCCN. The molecule has 1 aromatic carbocycles. The third kappa shape index (κ3) is 5.59. The van der Waals surface area contributed by atoms with Crippen molar-refractivity contribution in [2.24, 2.45) is 11.5 Å². The zero-order valence-corrected chi connectivity index (χ0v) is 16.0. The molecule has 0 amide bonds. The van der Waals surface area contributed by atoms with Gasteiger partial charge in [-0.1, -0.05) is 0 Å². The maximum atomic E-state index is 12.2. The molecule has 11 nitrogen and oxygen atoms in total. The number of rotatable bonds is 10. The Hall–Kier alpha value is -1.31. The Kier molecular flexibility index (Phi) is 6.93. The fourth-order valence-electron chi connectivity index (χ4n) is 1.82. The number of benzene rings is 1. The second-order valence-corrected chi connectivity index (χ2v) is 9.61. The molecule has 0 atom stereocenters. The number of nitrogens with one attached hydrogen (secondary N) is 1. The summed E-state index contributed by atoms with van der Waals surface area (Å²) in [4.78, 5) is 21.6. The van der Waals surface area contributed by atoms with Crippen LogP contribution in [0, 0.1) is 0 Å². The van der Waals surface area contributed by atoms with Crippen molar-refractivity contribution in [1.29, 1.82) is 0 Å². The van der Waals surface area contributed by atoms with Gasteiger partial charge < -0.3 is 30.7 Å². The molecule has 0 aliphatic carbocycles. The number of aromatic nitrogens is 1. The van der Waals surface area contributed by atoms with Crippen molar-refractivity contribution in [3.05, 3.63) is 12.1 Å². The fraction of sp³-hybridized carbons (Fsp3) is 0.417. The Labute approximate surface area is 153 Å². The van der Waals surface area contributed by atoms with Gasteiger partial charge in [-0.05, 0) is 0 Å². The quantitative estimate of drug-likeness (QED) is 0.306. The van der Waals surface area contributed by atoms with Crippen LogP contribution in [0.4, 0.5) is 0 Å². The van der Waals surface area contributed by atoms with Crippen LogP contribution in [0.3, 0.4) is 0 Å². The lowest BCUT2D eigenvalue weighted by Crippen LogP contribution is -2.24. The second-order valence-electron chi connectivity index (χ2n) is 4.99. The van der Waals surface area contributed by atoms with Gasteiger partial charge in [-0.25, -0.2) is 13.4 Å². The highest BCUT2D eigenvalue weighted by molar-refractivity contribution is 7.91. The van der Waals surface area contributed by atoms with Gasteiger partial charge in [0.05, 0.1) is 10.2 Å². The molecule has 0 aliphatic rings.